The monoisotopic (exact) mass is 180 g/mol. The quantitative estimate of drug-likeness (QED) is 0.383. The average Bonchev–Trinajstić information content (AvgIpc) is 1.84. The van der Waals surface area contributed by atoms with Gasteiger partial charge in [-0.1, -0.05) is 4.64 Å². The first kappa shape index (κ1) is 11.1. The van der Waals surface area contributed by atoms with Crippen molar-refractivity contribution < 1.29 is 0 Å². The molecule has 0 aromatic heterocycles. The highest BCUT2D eigenvalue weighted by atomic mass is 35.5. The second kappa shape index (κ2) is 4.90. The van der Waals surface area contributed by atoms with Crippen molar-refractivity contribution in [3.8, 4) is 0 Å². The Hall–Kier alpha value is 0.130. The maximum atomic E-state index is 5.74. The summed E-state index contributed by atoms with van der Waals surface area (Å²) in [5.74, 6) is 5.57. The molecule has 0 aromatic rings. The normalized spacial score (nSPS) is 12.5. The number of rotatable bonds is 4. The van der Waals surface area contributed by atoms with Gasteiger partial charge in [-0.15, -0.1) is 5.12 Å². The van der Waals surface area contributed by atoms with E-state index in [9.17, 15) is 0 Å². The van der Waals surface area contributed by atoms with Crippen LogP contribution in [-0.2, 0) is 0 Å². The molecule has 0 aliphatic heterocycles. The lowest BCUT2D eigenvalue weighted by atomic mass is 10.4. The van der Waals surface area contributed by atoms with Crippen LogP contribution in [-0.4, -0.2) is 21.8 Å². The Labute approximate surface area is 73.3 Å². The van der Waals surface area contributed by atoms with Gasteiger partial charge in [0.2, 0.25) is 0 Å². The number of hydrogen-bond acceptors (Lipinski definition) is 4. The van der Waals surface area contributed by atoms with Gasteiger partial charge in [0.25, 0.3) is 0 Å². The molecule has 0 aliphatic carbocycles. The van der Waals surface area contributed by atoms with Crippen LogP contribution >= 0.6 is 11.8 Å². The molecule has 3 N–H and O–H groups in total. The molecule has 0 saturated carbocycles. The Morgan fingerprint density at radius 1 is 1.27 bits per heavy atom. The van der Waals surface area contributed by atoms with Crippen LogP contribution in [0.25, 0.3) is 0 Å². The molecule has 0 spiro atoms. The second-order valence-corrected chi connectivity index (χ2v) is 3.34. The molecule has 5 heteroatoms. The van der Waals surface area contributed by atoms with Gasteiger partial charge in [-0.25, -0.2) is 5.43 Å². The third-order valence-corrected chi connectivity index (χ3v) is 1.37. The van der Waals surface area contributed by atoms with Crippen LogP contribution in [0, 0.1) is 0 Å². The number of nitrogens with one attached hydrogen (secondary N) is 1. The van der Waals surface area contributed by atoms with E-state index >= 15 is 0 Å². The van der Waals surface area contributed by atoms with Crippen molar-refractivity contribution in [3.05, 3.63) is 0 Å². The first-order valence-corrected chi connectivity index (χ1v) is 4.05. The summed E-state index contributed by atoms with van der Waals surface area (Å²) in [7, 11) is 0. The van der Waals surface area contributed by atoms with Crippen molar-refractivity contribution in [3.63, 3.8) is 0 Å². The van der Waals surface area contributed by atoms with Crippen molar-refractivity contribution >= 4 is 11.8 Å². The fourth-order valence-corrected chi connectivity index (χ4v) is 0.852. The fraction of sp³-hybridized carbons (Fsp3) is 1.00. The predicted molar refractivity (Wildman–Crippen MR) is 47.1 cm³/mol. The zero-order valence-corrected chi connectivity index (χ0v) is 8.26. The zero-order valence-electron chi connectivity index (χ0n) is 7.50. The lowest BCUT2D eigenvalue weighted by Crippen LogP contribution is -2.54. The molecule has 0 saturated heterocycles. The summed E-state index contributed by atoms with van der Waals surface area (Å²) in [5, 5.41) is 1.42. The molecule has 0 rings (SSSR count). The Bertz CT molecular complexity index is 107. The van der Waals surface area contributed by atoms with Crippen LogP contribution in [0.2, 0.25) is 0 Å². The molecule has 68 valence electrons. The number of hydrogen-bond donors (Lipinski definition) is 2. The molecule has 4 nitrogen and oxygen atoms in total. The van der Waals surface area contributed by atoms with Gasteiger partial charge in [0.15, 0.2) is 0 Å². The van der Waals surface area contributed by atoms with E-state index in [1.165, 1.54) is 9.75 Å². The summed E-state index contributed by atoms with van der Waals surface area (Å²) in [6.07, 6.45) is 0. The first-order valence-electron chi connectivity index (χ1n) is 3.71. The van der Waals surface area contributed by atoms with Crippen LogP contribution < -0.4 is 11.3 Å². The van der Waals surface area contributed by atoms with Crippen LogP contribution in [0.15, 0.2) is 0 Å². The second-order valence-electron chi connectivity index (χ2n) is 3.02. The van der Waals surface area contributed by atoms with E-state index in [0.29, 0.717) is 0 Å². The summed E-state index contributed by atoms with van der Waals surface area (Å²) >= 11 is 5.74. The maximum Gasteiger partial charge on any atom is 0.0370 e. The van der Waals surface area contributed by atoms with Gasteiger partial charge < -0.3 is 0 Å². The van der Waals surface area contributed by atoms with Crippen LogP contribution in [0.4, 0.5) is 0 Å². The summed E-state index contributed by atoms with van der Waals surface area (Å²) in [6, 6.07) is 0.455. The highest BCUT2D eigenvalue weighted by Gasteiger charge is 2.12. The molecule has 0 radical (unpaired) electrons. The molecule has 0 atom stereocenters. The predicted octanol–water partition coefficient (Wildman–Crippen LogP) is 0.854. The van der Waals surface area contributed by atoms with E-state index in [0.717, 1.165) is 0 Å². The standard InChI is InChI=1S/C6H17ClN4/c1-5(2)9-11(7)10(8)6(3)4/h5-6,9H,8H2,1-4H3. The lowest BCUT2D eigenvalue weighted by molar-refractivity contribution is -0.0202. The number of nitrogens with two attached hydrogens (primary N) is 1. The molecule has 0 fully saturated rings. The Morgan fingerprint density at radius 3 is 2.00 bits per heavy atom. The number of hydrazine groups is 3. The number of halogens is 1. The van der Waals surface area contributed by atoms with Crippen molar-refractivity contribution in [2.45, 2.75) is 39.8 Å². The Morgan fingerprint density at radius 2 is 1.73 bits per heavy atom. The minimum atomic E-state index is 0.179. The zero-order chi connectivity index (χ0) is 9.02. The van der Waals surface area contributed by atoms with Crippen LogP contribution in [0.1, 0.15) is 27.7 Å². The third-order valence-electron chi connectivity index (χ3n) is 1.10. The largest absolute Gasteiger partial charge is 0.252 e. The summed E-state index contributed by atoms with van der Waals surface area (Å²) in [6.45, 7) is 7.89. The molecule has 0 unspecified atom stereocenters. The third kappa shape index (κ3) is 4.55. The first-order chi connectivity index (χ1) is 4.95. The molecule has 0 bridgehead atoms. The fourth-order valence-electron chi connectivity index (χ4n) is 0.482. The highest BCUT2D eigenvalue weighted by Crippen LogP contribution is 1.98. The maximum absolute atomic E-state index is 5.74. The molecule has 0 aliphatic rings. The lowest BCUT2D eigenvalue weighted by Gasteiger charge is -2.29. The van der Waals surface area contributed by atoms with Crippen molar-refractivity contribution in [1.29, 1.82) is 0 Å². The SMILES string of the molecule is CC(C)NN(Cl)N(N)C(C)C. The van der Waals surface area contributed by atoms with Crippen molar-refractivity contribution in [1.82, 2.24) is 15.2 Å². The van der Waals surface area contributed by atoms with E-state index in [2.05, 4.69) is 5.43 Å². The Kier molecular flexibility index (Phi) is 4.96. The minimum Gasteiger partial charge on any atom is -0.252 e. The van der Waals surface area contributed by atoms with Gasteiger partial charge in [0.05, 0.1) is 0 Å². The average molecular weight is 181 g/mol. The molecular weight excluding hydrogens is 164 g/mol. The van der Waals surface area contributed by atoms with E-state index in [1.807, 2.05) is 27.7 Å². The molecule has 11 heavy (non-hydrogen) atoms. The molecule has 0 aromatic carbocycles. The van der Waals surface area contributed by atoms with Gasteiger partial charge in [-0.3, -0.25) is 5.84 Å². The molecular formula is C6H17ClN4. The van der Waals surface area contributed by atoms with Crippen LogP contribution in [0.3, 0.4) is 0 Å². The summed E-state index contributed by atoms with van der Waals surface area (Å²) < 4.78 is 1.27. The summed E-state index contributed by atoms with van der Waals surface area (Å²) in [4.78, 5) is 0. The van der Waals surface area contributed by atoms with E-state index in [1.54, 1.807) is 0 Å². The van der Waals surface area contributed by atoms with E-state index in [4.69, 9.17) is 17.6 Å². The molecule has 0 amide bonds. The van der Waals surface area contributed by atoms with Crippen LogP contribution in [0.5, 0.6) is 0 Å². The van der Waals surface area contributed by atoms with E-state index in [-0.39, 0.29) is 12.1 Å². The van der Waals surface area contributed by atoms with Gasteiger partial charge in [0.1, 0.15) is 0 Å². The molecule has 0 heterocycles. The van der Waals surface area contributed by atoms with Gasteiger partial charge in [0, 0.05) is 23.9 Å². The highest BCUT2D eigenvalue weighted by molar-refractivity contribution is 6.12. The summed E-state index contributed by atoms with van der Waals surface area (Å²) in [5.41, 5.74) is 2.92. The van der Waals surface area contributed by atoms with Gasteiger partial charge in [-0.2, -0.15) is 0 Å². The Balaban J connectivity index is 3.73. The minimum absolute atomic E-state index is 0.179. The van der Waals surface area contributed by atoms with Gasteiger partial charge in [-0.05, 0) is 27.7 Å². The van der Waals surface area contributed by atoms with Gasteiger partial charge >= 0.3 is 0 Å². The topological polar surface area (TPSA) is 44.5 Å². The van der Waals surface area contributed by atoms with Crippen molar-refractivity contribution in [2.24, 2.45) is 5.84 Å². The number of nitrogens with zero attached hydrogens (tertiary/aromatic N) is 2. The van der Waals surface area contributed by atoms with E-state index < -0.39 is 0 Å². The van der Waals surface area contributed by atoms with Crippen molar-refractivity contribution in [2.75, 3.05) is 0 Å². The smallest absolute Gasteiger partial charge is 0.0370 e.